The molecular formula is C25H40N4O6. The summed E-state index contributed by atoms with van der Waals surface area (Å²) in [6, 6.07) is -2.94. The molecule has 0 aromatic heterocycles. The lowest BCUT2D eigenvalue weighted by atomic mass is 10.0. The van der Waals surface area contributed by atoms with E-state index in [9.17, 15) is 24.0 Å². The summed E-state index contributed by atoms with van der Waals surface area (Å²) in [5.41, 5.74) is 0. The molecule has 3 aliphatic heterocycles. The van der Waals surface area contributed by atoms with Crippen molar-refractivity contribution in [3.63, 3.8) is 0 Å². The van der Waals surface area contributed by atoms with Gasteiger partial charge in [-0.05, 0) is 52.9 Å². The van der Waals surface area contributed by atoms with Gasteiger partial charge in [-0.1, -0.05) is 19.8 Å². The fraction of sp³-hybridized carbons (Fsp3) is 0.800. The molecule has 5 atom stereocenters. The van der Waals surface area contributed by atoms with Crippen molar-refractivity contribution in [3.8, 4) is 0 Å². The summed E-state index contributed by atoms with van der Waals surface area (Å²) >= 11 is 0. The number of carbonyl (C=O) groups excluding carboxylic acids is 5. The molecule has 3 fully saturated rings. The number of nitrogens with one attached hydrogen (secondary N) is 1. The van der Waals surface area contributed by atoms with Gasteiger partial charge in [0.15, 0.2) is 0 Å². The average molecular weight is 493 g/mol. The molecule has 35 heavy (non-hydrogen) atoms. The number of likely N-dealkylation sites (N-methyl/N-ethyl adjacent to an activating group) is 1. The van der Waals surface area contributed by atoms with Gasteiger partial charge in [-0.25, -0.2) is 4.79 Å². The second-order valence-electron chi connectivity index (χ2n) is 9.90. The molecule has 0 aliphatic carbocycles. The van der Waals surface area contributed by atoms with Gasteiger partial charge in [-0.2, -0.15) is 0 Å². The summed E-state index contributed by atoms with van der Waals surface area (Å²) in [6.07, 6.45) is 3.74. The monoisotopic (exact) mass is 492 g/mol. The Morgan fingerprint density at radius 3 is 2.23 bits per heavy atom. The van der Waals surface area contributed by atoms with Crippen molar-refractivity contribution in [2.45, 2.75) is 109 Å². The van der Waals surface area contributed by atoms with Crippen molar-refractivity contribution in [1.82, 2.24) is 20.0 Å². The first-order chi connectivity index (χ1) is 16.7. The summed E-state index contributed by atoms with van der Waals surface area (Å²) < 4.78 is 5.56. The Morgan fingerprint density at radius 1 is 0.914 bits per heavy atom. The van der Waals surface area contributed by atoms with E-state index >= 15 is 0 Å². The Kier molecular flexibility index (Phi) is 9.13. The van der Waals surface area contributed by atoms with Crippen molar-refractivity contribution in [2.75, 3.05) is 19.6 Å². The zero-order valence-electron chi connectivity index (χ0n) is 21.5. The molecule has 196 valence electrons. The second kappa shape index (κ2) is 11.9. The summed E-state index contributed by atoms with van der Waals surface area (Å²) in [7, 11) is 0. The van der Waals surface area contributed by atoms with Crippen LogP contribution in [0.5, 0.6) is 0 Å². The molecule has 4 amide bonds. The van der Waals surface area contributed by atoms with E-state index in [2.05, 4.69) is 5.32 Å². The van der Waals surface area contributed by atoms with Crippen molar-refractivity contribution < 1.29 is 28.7 Å². The topological polar surface area (TPSA) is 116 Å². The number of hydrogen-bond donors (Lipinski definition) is 1. The molecule has 0 spiro atoms. The van der Waals surface area contributed by atoms with Crippen molar-refractivity contribution in [1.29, 1.82) is 0 Å². The summed E-state index contributed by atoms with van der Waals surface area (Å²) in [5.74, 6) is -1.76. The van der Waals surface area contributed by atoms with Crippen LogP contribution >= 0.6 is 0 Å². The van der Waals surface area contributed by atoms with Gasteiger partial charge in [0.05, 0.1) is 6.42 Å². The van der Waals surface area contributed by atoms with E-state index in [0.29, 0.717) is 51.7 Å². The number of unbranched alkanes of at least 4 members (excludes halogenated alkanes) is 1. The molecule has 3 heterocycles. The average Bonchev–Trinajstić information content (AvgIpc) is 3.50. The van der Waals surface area contributed by atoms with Crippen molar-refractivity contribution in [2.24, 2.45) is 0 Å². The highest BCUT2D eigenvalue weighted by Crippen LogP contribution is 2.25. The lowest BCUT2D eigenvalue weighted by Crippen LogP contribution is -2.58. The maximum Gasteiger partial charge on any atom is 0.329 e. The molecule has 0 aromatic rings. The summed E-state index contributed by atoms with van der Waals surface area (Å²) in [5, 5.41) is 2.80. The van der Waals surface area contributed by atoms with Crippen LogP contribution in [0.4, 0.5) is 0 Å². The van der Waals surface area contributed by atoms with Crippen LogP contribution in [-0.4, -0.2) is 94.2 Å². The van der Waals surface area contributed by atoms with Crippen LogP contribution < -0.4 is 5.32 Å². The number of rotatable bonds is 4. The van der Waals surface area contributed by atoms with E-state index in [-0.39, 0.29) is 30.0 Å². The first-order valence-electron chi connectivity index (χ1n) is 13.1. The SMILES string of the molecule is CCCCC1C(=O)NC(C)C(=O)N2CCCC2C(=O)OC(C)CC(=O)N2CCCC2C(=O)N1CC. The van der Waals surface area contributed by atoms with Crippen LogP contribution in [0.1, 0.15) is 79.1 Å². The van der Waals surface area contributed by atoms with E-state index in [4.69, 9.17) is 4.74 Å². The first kappa shape index (κ1) is 26.9. The molecule has 0 saturated carbocycles. The molecule has 0 bridgehead atoms. The Balaban J connectivity index is 1.95. The zero-order chi connectivity index (χ0) is 25.7. The lowest BCUT2D eigenvalue weighted by molar-refractivity contribution is -0.160. The summed E-state index contributed by atoms with van der Waals surface area (Å²) in [4.78, 5) is 70.8. The molecule has 0 aromatic carbocycles. The normalized spacial score (nSPS) is 31.4. The van der Waals surface area contributed by atoms with Crippen LogP contribution in [0.3, 0.4) is 0 Å². The molecule has 3 aliphatic rings. The van der Waals surface area contributed by atoms with E-state index in [1.807, 2.05) is 13.8 Å². The number of hydrogen-bond acceptors (Lipinski definition) is 6. The number of fused-ring (bicyclic) bond motifs is 2. The van der Waals surface area contributed by atoms with E-state index in [1.165, 1.54) is 4.90 Å². The summed E-state index contributed by atoms with van der Waals surface area (Å²) in [6.45, 7) is 8.30. The van der Waals surface area contributed by atoms with E-state index < -0.39 is 36.2 Å². The fourth-order valence-electron chi connectivity index (χ4n) is 5.45. The van der Waals surface area contributed by atoms with Gasteiger partial charge in [-0.15, -0.1) is 0 Å². The molecule has 10 nitrogen and oxygen atoms in total. The number of amides is 4. The number of esters is 1. The molecule has 1 N–H and O–H groups in total. The zero-order valence-corrected chi connectivity index (χ0v) is 21.5. The highest BCUT2D eigenvalue weighted by molar-refractivity contribution is 5.95. The van der Waals surface area contributed by atoms with Crippen LogP contribution in [-0.2, 0) is 28.7 Å². The molecular weight excluding hydrogens is 452 g/mol. The number of ether oxygens (including phenoxy) is 1. The third-order valence-electron chi connectivity index (χ3n) is 7.31. The van der Waals surface area contributed by atoms with Gasteiger partial charge < -0.3 is 24.8 Å². The van der Waals surface area contributed by atoms with Crippen molar-refractivity contribution in [3.05, 3.63) is 0 Å². The molecule has 0 radical (unpaired) electrons. The maximum absolute atomic E-state index is 13.6. The van der Waals surface area contributed by atoms with Crippen molar-refractivity contribution >= 4 is 29.6 Å². The quantitative estimate of drug-likeness (QED) is 0.590. The van der Waals surface area contributed by atoms with Crippen LogP contribution in [0, 0.1) is 0 Å². The highest BCUT2D eigenvalue weighted by atomic mass is 16.5. The first-order valence-corrected chi connectivity index (χ1v) is 13.1. The molecule has 10 heteroatoms. The Hall–Kier alpha value is -2.65. The minimum absolute atomic E-state index is 0.0293. The van der Waals surface area contributed by atoms with Gasteiger partial charge in [0.25, 0.3) is 0 Å². The standard InChI is InChI=1S/C25H40N4O6/c1-5-7-10-18-22(31)26-17(4)23(32)29-14-9-12-20(29)25(34)35-16(3)15-21(30)28-13-8-11-19(28)24(33)27(18)6-2/h16-20H,5-15H2,1-4H3,(H,26,31). The van der Waals surface area contributed by atoms with E-state index in [0.717, 1.165) is 12.8 Å². The second-order valence-corrected chi connectivity index (χ2v) is 9.90. The maximum atomic E-state index is 13.6. The Bertz CT molecular complexity index is 833. The van der Waals surface area contributed by atoms with Crippen LogP contribution in [0.2, 0.25) is 0 Å². The molecule has 5 unspecified atom stereocenters. The van der Waals surface area contributed by atoms with E-state index in [1.54, 1.807) is 23.6 Å². The van der Waals surface area contributed by atoms with Gasteiger partial charge in [0.2, 0.25) is 23.6 Å². The number of nitrogens with zero attached hydrogens (tertiary/aromatic N) is 3. The predicted molar refractivity (Wildman–Crippen MR) is 128 cm³/mol. The third-order valence-corrected chi connectivity index (χ3v) is 7.31. The number of cyclic esters (lactones) is 1. The number of carbonyl (C=O) groups is 5. The Labute approximate surface area is 207 Å². The Morgan fingerprint density at radius 2 is 1.57 bits per heavy atom. The van der Waals surface area contributed by atoms with Gasteiger partial charge in [-0.3, -0.25) is 19.2 Å². The van der Waals surface area contributed by atoms with Gasteiger partial charge >= 0.3 is 5.97 Å². The minimum Gasteiger partial charge on any atom is -0.461 e. The minimum atomic E-state index is -0.844. The third kappa shape index (κ3) is 5.95. The van der Waals surface area contributed by atoms with Gasteiger partial charge in [0, 0.05) is 19.6 Å². The predicted octanol–water partition coefficient (Wildman–Crippen LogP) is 1.22. The fourth-order valence-corrected chi connectivity index (χ4v) is 5.45. The molecule has 3 rings (SSSR count). The van der Waals surface area contributed by atoms with Gasteiger partial charge in [0.1, 0.15) is 30.3 Å². The lowest BCUT2D eigenvalue weighted by Gasteiger charge is -2.36. The highest BCUT2D eigenvalue weighted by Gasteiger charge is 2.42. The van der Waals surface area contributed by atoms with Crippen LogP contribution in [0.15, 0.2) is 0 Å². The molecule has 3 saturated heterocycles. The smallest absolute Gasteiger partial charge is 0.329 e. The van der Waals surface area contributed by atoms with Crippen LogP contribution in [0.25, 0.3) is 0 Å². The largest absolute Gasteiger partial charge is 0.461 e.